The van der Waals surface area contributed by atoms with Crippen molar-refractivity contribution in [2.45, 2.75) is 52.2 Å². The van der Waals surface area contributed by atoms with Crippen molar-refractivity contribution in [2.75, 3.05) is 26.2 Å². The molecule has 150 valence electrons. The van der Waals surface area contributed by atoms with Gasteiger partial charge >= 0.3 is 5.63 Å². The molecule has 3 heterocycles. The van der Waals surface area contributed by atoms with Crippen molar-refractivity contribution in [3.63, 3.8) is 0 Å². The first-order chi connectivity index (χ1) is 13.4. The van der Waals surface area contributed by atoms with E-state index in [4.69, 9.17) is 9.15 Å². The third kappa shape index (κ3) is 3.53. The average Bonchev–Trinajstić information content (AvgIpc) is 2.65. The molecule has 2 saturated heterocycles. The smallest absolute Gasteiger partial charge is 0.339 e. The van der Waals surface area contributed by atoms with E-state index in [9.17, 15) is 9.59 Å². The molecular formula is C22H28N2O4. The molecule has 0 bridgehead atoms. The standard InChI is InChI=1S/C22H28N2O4/c1-14-15(2)22(26)28-20-11-18(7-8-19(14)20)27-16(3)21(25)24-12-17(13-24)23-9-5-4-6-10-23/h7-8,11,16-17H,4-6,9-10,12-13H2,1-3H3. The van der Waals surface area contributed by atoms with Gasteiger partial charge in [0.1, 0.15) is 11.3 Å². The van der Waals surface area contributed by atoms with Gasteiger partial charge < -0.3 is 14.1 Å². The third-order valence-electron chi connectivity index (χ3n) is 6.17. The van der Waals surface area contributed by atoms with Crippen molar-refractivity contribution >= 4 is 16.9 Å². The normalized spacial score (nSPS) is 19.5. The van der Waals surface area contributed by atoms with E-state index in [-0.39, 0.29) is 11.5 Å². The Morgan fingerprint density at radius 3 is 2.57 bits per heavy atom. The van der Waals surface area contributed by atoms with Crippen LogP contribution in [0.5, 0.6) is 5.75 Å². The quantitative estimate of drug-likeness (QED) is 0.759. The van der Waals surface area contributed by atoms with Crippen molar-refractivity contribution in [1.82, 2.24) is 9.80 Å². The summed E-state index contributed by atoms with van der Waals surface area (Å²) in [5, 5.41) is 0.885. The summed E-state index contributed by atoms with van der Waals surface area (Å²) >= 11 is 0. The highest BCUT2D eigenvalue weighted by Gasteiger charge is 2.37. The SMILES string of the molecule is Cc1c(C)c2ccc(OC(C)C(=O)N3CC(N4CCCCC4)C3)cc2oc1=O. The van der Waals surface area contributed by atoms with Gasteiger partial charge in [0.15, 0.2) is 6.10 Å². The van der Waals surface area contributed by atoms with Crippen molar-refractivity contribution < 1.29 is 13.9 Å². The Bertz CT molecular complexity index is 939. The molecule has 0 spiro atoms. The molecule has 1 aromatic heterocycles. The summed E-state index contributed by atoms with van der Waals surface area (Å²) in [6.45, 7) is 9.33. The van der Waals surface area contributed by atoms with Crippen LogP contribution in [-0.4, -0.2) is 54.0 Å². The van der Waals surface area contributed by atoms with E-state index in [1.165, 1.54) is 19.3 Å². The van der Waals surface area contributed by atoms with E-state index < -0.39 is 6.10 Å². The van der Waals surface area contributed by atoms with E-state index in [1.54, 1.807) is 19.9 Å². The van der Waals surface area contributed by atoms with Crippen LogP contribution in [0.25, 0.3) is 11.0 Å². The van der Waals surface area contributed by atoms with E-state index in [2.05, 4.69) is 4.90 Å². The molecule has 0 saturated carbocycles. The maximum Gasteiger partial charge on any atom is 0.339 e. The Balaban J connectivity index is 1.39. The molecule has 0 radical (unpaired) electrons. The number of benzene rings is 1. The molecule has 1 amide bonds. The van der Waals surface area contributed by atoms with Crippen LogP contribution in [0.3, 0.4) is 0 Å². The lowest BCUT2D eigenvalue weighted by Gasteiger charge is -2.47. The molecule has 2 aliphatic heterocycles. The lowest BCUT2D eigenvalue weighted by atomic mass is 10.0. The van der Waals surface area contributed by atoms with Crippen molar-refractivity contribution in [3.8, 4) is 5.75 Å². The van der Waals surface area contributed by atoms with Gasteiger partial charge in [-0.25, -0.2) is 4.79 Å². The summed E-state index contributed by atoms with van der Waals surface area (Å²) in [5.74, 6) is 0.544. The van der Waals surface area contributed by atoms with Gasteiger partial charge in [-0.15, -0.1) is 0 Å². The topological polar surface area (TPSA) is 63.0 Å². The van der Waals surface area contributed by atoms with Gasteiger partial charge in [0, 0.05) is 36.1 Å². The minimum atomic E-state index is -0.571. The van der Waals surface area contributed by atoms with Gasteiger partial charge in [-0.2, -0.15) is 0 Å². The van der Waals surface area contributed by atoms with Crippen LogP contribution in [0, 0.1) is 13.8 Å². The zero-order valence-electron chi connectivity index (χ0n) is 16.9. The second-order valence-electron chi connectivity index (χ2n) is 8.05. The van der Waals surface area contributed by atoms with E-state index in [0.717, 1.165) is 37.1 Å². The van der Waals surface area contributed by atoms with Gasteiger partial charge in [0.25, 0.3) is 5.91 Å². The molecule has 2 aliphatic rings. The lowest BCUT2D eigenvalue weighted by molar-refractivity contribution is -0.145. The number of hydrogen-bond acceptors (Lipinski definition) is 5. The maximum atomic E-state index is 12.7. The molecular weight excluding hydrogens is 356 g/mol. The Kier molecular flexibility index (Phi) is 5.15. The predicted octanol–water partition coefficient (Wildman–Crippen LogP) is 2.87. The Morgan fingerprint density at radius 1 is 1.14 bits per heavy atom. The van der Waals surface area contributed by atoms with Gasteiger partial charge in [-0.05, 0) is 64.4 Å². The molecule has 1 unspecified atom stereocenters. The van der Waals surface area contributed by atoms with Crippen molar-refractivity contribution in [3.05, 3.63) is 39.7 Å². The number of likely N-dealkylation sites (tertiary alicyclic amines) is 2. The number of carbonyl (C=O) groups excluding carboxylic acids is 1. The first-order valence-corrected chi connectivity index (χ1v) is 10.2. The second-order valence-corrected chi connectivity index (χ2v) is 8.05. The van der Waals surface area contributed by atoms with Crippen LogP contribution in [-0.2, 0) is 4.79 Å². The summed E-state index contributed by atoms with van der Waals surface area (Å²) in [5.41, 5.74) is 1.67. The van der Waals surface area contributed by atoms with Crippen LogP contribution in [0.1, 0.15) is 37.3 Å². The zero-order chi connectivity index (χ0) is 19.8. The van der Waals surface area contributed by atoms with Crippen LogP contribution in [0.4, 0.5) is 0 Å². The lowest BCUT2D eigenvalue weighted by Crippen LogP contribution is -2.63. The van der Waals surface area contributed by atoms with Crippen molar-refractivity contribution in [1.29, 1.82) is 0 Å². The minimum absolute atomic E-state index is 0.00916. The van der Waals surface area contributed by atoms with Crippen LogP contribution < -0.4 is 10.4 Å². The first kappa shape index (κ1) is 19.0. The largest absolute Gasteiger partial charge is 0.481 e. The fourth-order valence-corrected chi connectivity index (χ4v) is 4.16. The van der Waals surface area contributed by atoms with Crippen LogP contribution >= 0.6 is 0 Å². The van der Waals surface area contributed by atoms with E-state index in [1.807, 2.05) is 24.0 Å². The summed E-state index contributed by atoms with van der Waals surface area (Å²) in [7, 11) is 0. The Labute approximate surface area is 165 Å². The fraction of sp³-hybridized carbons (Fsp3) is 0.545. The summed E-state index contributed by atoms with van der Waals surface area (Å²) in [6.07, 6.45) is 3.28. The summed E-state index contributed by atoms with van der Waals surface area (Å²) in [4.78, 5) is 29.0. The molecule has 0 N–H and O–H groups in total. The number of aryl methyl sites for hydroxylation is 1. The molecule has 2 aromatic rings. The number of amides is 1. The average molecular weight is 384 g/mol. The number of carbonyl (C=O) groups is 1. The monoisotopic (exact) mass is 384 g/mol. The number of hydrogen-bond donors (Lipinski definition) is 0. The molecule has 1 atom stereocenters. The molecule has 6 nitrogen and oxygen atoms in total. The highest BCUT2D eigenvalue weighted by atomic mass is 16.5. The van der Waals surface area contributed by atoms with E-state index in [0.29, 0.717) is 22.9 Å². The van der Waals surface area contributed by atoms with Crippen molar-refractivity contribution in [2.24, 2.45) is 0 Å². The molecule has 4 rings (SSSR count). The molecule has 28 heavy (non-hydrogen) atoms. The Hall–Kier alpha value is -2.34. The third-order valence-corrected chi connectivity index (χ3v) is 6.17. The zero-order valence-corrected chi connectivity index (χ0v) is 16.9. The number of nitrogens with zero attached hydrogens (tertiary/aromatic N) is 2. The molecule has 6 heteroatoms. The Morgan fingerprint density at radius 2 is 1.86 bits per heavy atom. The summed E-state index contributed by atoms with van der Waals surface area (Å²) in [6, 6.07) is 5.89. The van der Waals surface area contributed by atoms with Crippen LogP contribution in [0.2, 0.25) is 0 Å². The number of piperidine rings is 1. The highest BCUT2D eigenvalue weighted by Crippen LogP contribution is 2.26. The molecule has 1 aromatic carbocycles. The predicted molar refractivity (Wildman–Crippen MR) is 108 cm³/mol. The van der Waals surface area contributed by atoms with Gasteiger partial charge in [-0.1, -0.05) is 6.42 Å². The van der Waals surface area contributed by atoms with E-state index >= 15 is 0 Å². The van der Waals surface area contributed by atoms with Gasteiger partial charge in [-0.3, -0.25) is 9.69 Å². The first-order valence-electron chi connectivity index (χ1n) is 10.2. The number of rotatable bonds is 4. The number of fused-ring (bicyclic) bond motifs is 1. The van der Waals surface area contributed by atoms with Gasteiger partial charge in [0.2, 0.25) is 0 Å². The summed E-state index contributed by atoms with van der Waals surface area (Å²) < 4.78 is 11.2. The number of ether oxygens (including phenoxy) is 1. The minimum Gasteiger partial charge on any atom is -0.481 e. The molecule has 2 fully saturated rings. The highest BCUT2D eigenvalue weighted by molar-refractivity contribution is 5.83. The second kappa shape index (κ2) is 7.59. The molecule has 0 aliphatic carbocycles. The maximum absolute atomic E-state index is 12.7. The fourth-order valence-electron chi connectivity index (χ4n) is 4.16. The van der Waals surface area contributed by atoms with Crippen LogP contribution in [0.15, 0.2) is 27.4 Å². The van der Waals surface area contributed by atoms with Gasteiger partial charge in [0.05, 0.1) is 0 Å².